The van der Waals surface area contributed by atoms with E-state index in [1.54, 1.807) is 21.0 Å². The number of ketones is 1. The SMILES string of the molecule is COc1ccc(-n2c(C)cc(C(=O)Cn3nc(C)c([N+](=O)[O-])c3C)c2C)cc1. The van der Waals surface area contributed by atoms with Crippen LogP contribution in [0.25, 0.3) is 5.69 Å². The van der Waals surface area contributed by atoms with E-state index in [0.717, 1.165) is 22.8 Å². The number of benzene rings is 1. The van der Waals surface area contributed by atoms with Crippen molar-refractivity contribution in [3.8, 4) is 11.4 Å². The Bertz CT molecular complexity index is 1060. The number of Topliss-reactive ketones (excluding diaryl/α,β-unsaturated/α-hetero) is 1. The fourth-order valence-corrected chi connectivity index (χ4v) is 3.50. The smallest absolute Gasteiger partial charge is 0.312 e. The summed E-state index contributed by atoms with van der Waals surface area (Å²) < 4.78 is 8.59. The predicted octanol–water partition coefficient (Wildman–Crippen LogP) is 3.71. The summed E-state index contributed by atoms with van der Waals surface area (Å²) in [7, 11) is 1.61. The second kappa shape index (κ2) is 7.30. The minimum atomic E-state index is -0.464. The van der Waals surface area contributed by atoms with Crippen molar-refractivity contribution in [1.82, 2.24) is 14.3 Å². The Hall–Kier alpha value is -3.42. The molecule has 0 radical (unpaired) electrons. The molecule has 0 spiro atoms. The number of carbonyl (C=O) groups excluding carboxylic acids is 1. The third kappa shape index (κ3) is 3.28. The highest BCUT2D eigenvalue weighted by Crippen LogP contribution is 2.25. The number of methoxy groups -OCH3 is 1. The van der Waals surface area contributed by atoms with Gasteiger partial charge in [0.05, 0.1) is 12.0 Å². The van der Waals surface area contributed by atoms with Crippen molar-refractivity contribution >= 4 is 11.5 Å². The van der Waals surface area contributed by atoms with Gasteiger partial charge in [-0.1, -0.05) is 0 Å². The van der Waals surface area contributed by atoms with Gasteiger partial charge in [0, 0.05) is 22.6 Å². The van der Waals surface area contributed by atoms with E-state index in [1.165, 1.54) is 4.68 Å². The monoisotopic (exact) mass is 382 g/mol. The number of hydrogen-bond donors (Lipinski definition) is 0. The van der Waals surface area contributed by atoms with Crippen LogP contribution in [0.15, 0.2) is 30.3 Å². The molecule has 0 aliphatic rings. The first-order chi connectivity index (χ1) is 13.2. The molecule has 0 atom stereocenters. The molecule has 0 fully saturated rings. The predicted molar refractivity (Wildman–Crippen MR) is 104 cm³/mol. The zero-order chi connectivity index (χ0) is 20.6. The summed E-state index contributed by atoms with van der Waals surface area (Å²) in [6.07, 6.45) is 0. The lowest BCUT2D eigenvalue weighted by Crippen LogP contribution is -2.14. The molecule has 1 aromatic carbocycles. The molecule has 0 aliphatic heterocycles. The van der Waals surface area contributed by atoms with E-state index in [-0.39, 0.29) is 18.0 Å². The van der Waals surface area contributed by atoms with Crippen molar-refractivity contribution < 1.29 is 14.5 Å². The third-order valence-corrected chi connectivity index (χ3v) is 4.88. The van der Waals surface area contributed by atoms with E-state index in [2.05, 4.69) is 5.10 Å². The molecule has 8 nitrogen and oxygen atoms in total. The topological polar surface area (TPSA) is 92.2 Å². The molecule has 146 valence electrons. The van der Waals surface area contributed by atoms with Gasteiger partial charge < -0.3 is 9.30 Å². The standard InChI is InChI=1S/C20H22N4O4/c1-12-10-18(14(3)23(12)16-6-8-17(28-5)9-7-16)19(25)11-22-15(4)20(24(26)27)13(2)21-22/h6-10H,11H2,1-5H3. The molecule has 0 bridgehead atoms. The maximum atomic E-state index is 12.9. The van der Waals surface area contributed by atoms with Crippen LogP contribution in [0.5, 0.6) is 5.75 Å². The fourth-order valence-electron chi connectivity index (χ4n) is 3.50. The van der Waals surface area contributed by atoms with Gasteiger partial charge in [0.2, 0.25) is 0 Å². The Morgan fingerprint density at radius 3 is 2.32 bits per heavy atom. The molecule has 0 saturated heterocycles. The van der Waals surface area contributed by atoms with E-state index in [1.807, 2.05) is 48.7 Å². The molecule has 2 aromatic heterocycles. The highest BCUT2D eigenvalue weighted by molar-refractivity contribution is 5.97. The van der Waals surface area contributed by atoms with E-state index in [0.29, 0.717) is 17.0 Å². The fraction of sp³-hybridized carbons (Fsp3) is 0.300. The molecule has 8 heteroatoms. The van der Waals surface area contributed by atoms with Gasteiger partial charge in [-0.05, 0) is 58.0 Å². The lowest BCUT2D eigenvalue weighted by atomic mass is 10.1. The zero-order valence-electron chi connectivity index (χ0n) is 16.5. The lowest BCUT2D eigenvalue weighted by Gasteiger charge is -2.11. The summed E-state index contributed by atoms with van der Waals surface area (Å²) in [5.74, 6) is 0.613. The third-order valence-electron chi connectivity index (χ3n) is 4.88. The molecule has 0 N–H and O–H groups in total. The van der Waals surface area contributed by atoms with Crippen LogP contribution >= 0.6 is 0 Å². The van der Waals surface area contributed by atoms with Crippen LogP contribution in [0, 0.1) is 37.8 Å². The first-order valence-corrected chi connectivity index (χ1v) is 8.79. The van der Waals surface area contributed by atoms with Crippen LogP contribution in [-0.4, -0.2) is 32.2 Å². The number of ether oxygens (including phenoxy) is 1. The molecule has 0 unspecified atom stereocenters. The lowest BCUT2D eigenvalue weighted by molar-refractivity contribution is -0.386. The molecular formula is C20H22N4O4. The summed E-state index contributed by atoms with van der Waals surface area (Å²) in [4.78, 5) is 23.6. The summed E-state index contributed by atoms with van der Waals surface area (Å²) in [5, 5.41) is 15.3. The Morgan fingerprint density at radius 1 is 1.14 bits per heavy atom. The van der Waals surface area contributed by atoms with Crippen LogP contribution in [-0.2, 0) is 6.54 Å². The second-order valence-electron chi connectivity index (χ2n) is 6.68. The normalized spacial score (nSPS) is 10.9. The molecule has 28 heavy (non-hydrogen) atoms. The molecule has 0 aliphatic carbocycles. The molecular weight excluding hydrogens is 360 g/mol. The minimum Gasteiger partial charge on any atom is -0.497 e. The number of carbonyl (C=O) groups is 1. The van der Waals surface area contributed by atoms with E-state index >= 15 is 0 Å². The van der Waals surface area contributed by atoms with E-state index in [4.69, 9.17) is 4.74 Å². The van der Waals surface area contributed by atoms with E-state index < -0.39 is 4.92 Å². The maximum absolute atomic E-state index is 12.9. The molecule has 0 saturated carbocycles. The van der Waals surface area contributed by atoms with Gasteiger partial charge in [0.15, 0.2) is 5.78 Å². The first-order valence-electron chi connectivity index (χ1n) is 8.79. The number of aryl methyl sites for hydroxylation is 2. The largest absolute Gasteiger partial charge is 0.497 e. The van der Waals surface area contributed by atoms with Gasteiger partial charge in [-0.25, -0.2) is 0 Å². The van der Waals surface area contributed by atoms with Gasteiger partial charge in [-0.2, -0.15) is 5.10 Å². The van der Waals surface area contributed by atoms with Crippen molar-refractivity contribution in [2.24, 2.45) is 0 Å². The molecule has 3 rings (SSSR count). The van der Waals surface area contributed by atoms with Crippen molar-refractivity contribution in [2.45, 2.75) is 34.2 Å². The second-order valence-corrected chi connectivity index (χ2v) is 6.68. The molecule has 3 aromatic rings. The minimum absolute atomic E-state index is 0.0449. The van der Waals surface area contributed by atoms with Crippen molar-refractivity contribution in [2.75, 3.05) is 7.11 Å². The van der Waals surface area contributed by atoms with Gasteiger partial charge in [0.25, 0.3) is 0 Å². The number of nitrogens with zero attached hydrogens (tertiary/aromatic N) is 4. The van der Waals surface area contributed by atoms with Crippen LogP contribution in [0.1, 0.15) is 33.1 Å². The van der Waals surface area contributed by atoms with Crippen LogP contribution in [0.4, 0.5) is 5.69 Å². The highest BCUT2D eigenvalue weighted by Gasteiger charge is 2.24. The van der Waals surface area contributed by atoms with Gasteiger partial charge in [-0.15, -0.1) is 0 Å². The Kier molecular flexibility index (Phi) is 5.04. The summed E-state index contributed by atoms with van der Waals surface area (Å²) >= 11 is 0. The number of rotatable bonds is 6. The quantitative estimate of drug-likeness (QED) is 0.368. The Balaban J connectivity index is 1.93. The first kappa shape index (κ1) is 19.3. The summed E-state index contributed by atoms with van der Waals surface area (Å²) in [5.41, 5.74) is 3.87. The summed E-state index contributed by atoms with van der Waals surface area (Å²) in [6, 6.07) is 9.42. The Morgan fingerprint density at radius 2 is 1.79 bits per heavy atom. The van der Waals surface area contributed by atoms with Crippen molar-refractivity contribution in [3.63, 3.8) is 0 Å². The number of nitro groups is 1. The van der Waals surface area contributed by atoms with Crippen molar-refractivity contribution in [1.29, 1.82) is 0 Å². The number of hydrogen-bond acceptors (Lipinski definition) is 5. The Labute approximate surface area is 162 Å². The average molecular weight is 382 g/mol. The zero-order valence-corrected chi connectivity index (χ0v) is 16.5. The van der Waals surface area contributed by atoms with Crippen LogP contribution in [0.2, 0.25) is 0 Å². The van der Waals surface area contributed by atoms with Gasteiger partial charge >= 0.3 is 5.69 Å². The van der Waals surface area contributed by atoms with Gasteiger partial charge in [0.1, 0.15) is 23.7 Å². The van der Waals surface area contributed by atoms with E-state index in [9.17, 15) is 14.9 Å². The van der Waals surface area contributed by atoms with Gasteiger partial charge in [-0.3, -0.25) is 19.6 Å². The van der Waals surface area contributed by atoms with Crippen LogP contribution in [0.3, 0.4) is 0 Å². The molecule has 0 amide bonds. The maximum Gasteiger partial charge on any atom is 0.312 e. The highest BCUT2D eigenvalue weighted by atomic mass is 16.6. The average Bonchev–Trinajstić information content (AvgIpc) is 3.10. The molecule has 2 heterocycles. The van der Waals surface area contributed by atoms with Crippen molar-refractivity contribution in [3.05, 3.63) is 68.8 Å². The summed E-state index contributed by atoms with van der Waals surface area (Å²) in [6.45, 7) is 6.94. The number of aromatic nitrogens is 3. The van der Waals surface area contributed by atoms with Crippen LogP contribution < -0.4 is 4.74 Å².